The third-order valence-corrected chi connectivity index (χ3v) is 4.59. The highest BCUT2D eigenvalue weighted by Crippen LogP contribution is 2.22. The van der Waals surface area contributed by atoms with Gasteiger partial charge in [0.1, 0.15) is 17.1 Å². The molecule has 4 aromatic rings. The number of benzene rings is 1. The molecule has 0 atom stereocenters. The number of aryl methyl sites for hydroxylation is 1. The Morgan fingerprint density at radius 2 is 1.88 bits per heavy atom. The Kier molecular flexibility index (Phi) is 6.13. The van der Waals surface area contributed by atoms with Crippen LogP contribution in [-0.4, -0.2) is 52.8 Å². The standard InChI is InChI=1S/C22H25N9O3/c1-22(2,3)34-21(33)23-12-17-26-19(29-27-17)13-5-7-14(8-6-13)25-20(32)15-11-24-28-18(15)16-9-10-31(4)30-16/h5-11H,12H2,1-4H3,(H,23,33)(H,24,28)(H,25,32)(H,26,27,29). The van der Waals surface area contributed by atoms with Gasteiger partial charge in [0.2, 0.25) is 0 Å². The van der Waals surface area contributed by atoms with Crippen molar-refractivity contribution in [2.24, 2.45) is 7.05 Å². The Morgan fingerprint density at radius 1 is 1.12 bits per heavy atom. The maximum atomic E-state index is 12.8. The first-order chi connectivity index (χ1) is 16.2. The highest BCUT2D eigenvalue weighted by Gasteiger charge is 2.18. The van der Waals surface area contributed by atoms with Crippen LogP contribution in [0.1, 0.15) is 37.0 Å². The van der Waals surface area contributed by atoms with E-state index in [-0.39, 0.29) is 12.5 Å². The van der Waals surface area contributed by atoms with Gasteiger partial charge in [-0.25, -0.2) is 9.78 Å². The fraction of sp³-hybridized carbons (Fsp3) is 0.273. The van der Waals surface area contributed by atoms with Crippen LogP contribution in [0, 0.1) is 0 Å². The summed E-state index contributed by atoms with van der Waals surface area (Å²) in [6.45, 7) is 5.53. The molecule has 1 aromatic carbocycles. The monoisotopic (exact) mass is 463 g/mol. The maximum Gasteiger partial charge on any atom is 0.408 e. The van der Waals surface area contributed by atoms with E-state index < -0.39 is 11.7 Å². The van der Waals surface area contributed by atoms with Crippen molar-refractivity contribution in [1.82, 2.24) is 40.5 Å². The normalized spacial score (nSPS) is 11.3. The summed E-state index contributed by atoms with van der Waals surface area (Å²) in [6.07, 6.45) is 2.72. The van der Waals surface area contributed by atoms with Crippen molar-refractivity contribution in [3.63, 3.8) is 0 Å². The molecule has 176 valence electrons. The molecule has 0 bridgehead atoms. The van der Waals surface area contributed by atoms with Gasteiger partial charge >= 0.3 is 6.09 Å². The Labute approximate surface area is 195 Å². The predicted molar refractivity (Wildman–Crippen MR) is 124 cm³/mol. The van der Waals surface area contributed by atoms with Gasteiger partial charge in [0.05, 0.1) is 24.0 Å². The predicted octanol–water partition coefficient (Wildman–Crippen LogP) is 2.87. The first-order valence-corrected chi connectivity index (χ1v) is 10.5. The van der Waals surface area contributed by atoms with E-state index in [0.29, 0.717) is 34.3 Å². The lowest BCUT2D eigenvalue weighted by atomic mass is 10.1. The van der Waals surface area contributed by atoms with Gasteiger partial charge in [0.15, 0.2) is 5.82 Å². The van der Waals surface area contributed by atoms with Crippen LogP contribution in [-0.2, 0) is 18.3 Å². The number of hydrogen-bond donors (Lipinski definition) is 4. The minimum atomic E-state index is -0.578. The topological polar surface area (TPSA) is 155 Å². The number of carbonyl (C=O) groups is 2. The number of alkyl carbamates (subject to hydrolysis) is 1. The Hall–Kier alpha value is -4.48. The smallest absolute Gasteiger partial charge is 0.408 e. The zero-order chi connectivity index (χ0) is 24.3. The van der Waals surface area contributed by atoms with Crippen molar-refractivity contribution >= 4 is 17.7 Å². The van der Waals surface area contributed by atoms with E-state index in [9.17, 15) is 9.59 Å². The molecular formula is C22H25N9O3. The fourth-order valence-corrected chi connectivity index (χ4v) is 3.08. The lowest BCUT2D eigenvalue weighted by Gasteiger charge is -2.19. The van der Waals surface area contributed by atoms with Gasteiger partial charge in [-0.2, -0.15) is 15.3 Å². The number of ether oxygens (including phenoxy) is 1. The van der Waals surface area contributed by atoms with Crippen molar-refractivity contribution in [3.05, 3.63) is 54.1 Å². The minimum absolute atomic E-state index is 0.152. The van der Waals surface area contributed by atoms with Crippen LogP contribution in [0.2, 0.25) is 0 Å². The molecule has 3 aromatic heterocycles. The Balaban J connectivity index is 1.38. The summed E-state index contributed by atoms with van der Waals surface area (Å²) in [4.78, 5) is 28.9. The van der Waals surface area contributed by atoms with Gasteiger partial charge in [-0.05, 0) is 51.1 Å². The number of hydrogen-bond acceptors (Lipinski definition) is 7. The number of H-pyrrole nitrogens is 2. The largest absolute Gasteiger partial charge is 0.444 e. The number of carbonyl (C=O) groups excluding carboxylic acids is 2. The zero-order valence-corrected chi connectivity index (χ0v) is 19.2. The molecule has 34 heavy (non-hydrogen) atoms. The van der Waals surface area contributed by atoms with Crippen molar-refractivity contribution in [2.45, 2.75) is 32.9 Å². The molecule has 0 saturated heterocycles. The number of rotatable bonds is 6. The van der Waals surface area contributed by atoms with E-state index in [1.54, 1.807) is 69.0 Å². The van der Waals surface area contributed by atoms with Crippen molar-refractivity contribution in [3.8, 4) is 22.8 Å². The molecule has 4 rings (SSSR count). The van der Waals surface area contributed by atoms with Crippen molar-refractivity contribution in [2.75, 3.05) is 5.32 Å². The highest BCUT2D eigenvalue weighted by molar-refractivity contribution is 6.07. The van der Waals surface area contributed by atoms with Crippen molar-refractivity contribution < 1.29 is 14.3 Å². The quantitative estimate of drug-likeness (QED) is 0.342. The molecule has 0 aliphatic rings. The van der Waals surface area contributed by atoms with Crippen LogP contribution in [0.3, 0.4) is 0 Å². The van der Waals surface area contributed by atoms with E-state index >= 15 is 0 Å². The maximum absolute atomic E-state index is 12.8. The van der Waals surface area contributed by atoms with Gasteiger partial charge in [0, 0.05) is 24.5 Å². The van der Waals surface area contributed by atoms with Crippen LogP contribution < -0.4 is 10.6 Å². The Morgan fingerprint density at radius 3 is 2.56 bits per heavy atom. The average molecular weight is 464 g/mol. The van der Waals surface area contributed by atoms with E-state index in [0.717, 1.165) is 5.56 Å². The molecule has 0 aliphatic carbocycles. The summed E-state index contributed by atoms with van der Waals surface area (Å²) < 4.78 is 6.85. The SMILES string of the molecule is Cn1ccc(-c2[nH]ncc2C(=O)Nc2ccc(-c3n[nH]c(CNC(=O)OC(C)(C)C)n3)cc2)n1. The molecule has 0 saturated carbocycles. The van der Waals surface area contributed by atoms with Crippen LogP contribution in [0.5, 0.6) is 0 Å². The third kappa shape index (κ3) is 5.46. The summed E-state index contributed by atoms with van der Waals surface area (Å²) >= 11 is 0. The third-order valence-electron chi connectivity index (χ3n) is 4.59. The molecule has 3 heterocycles. The van der Waals surface area contributed by atoms with E-state index in [2.05, 4.69) is 41.1 Å². The summed E-state index contributed by atoms with van der Waals surface area (Å²) in [5.74, 6) is 0.641. The molecule has 0 radical (unpaired) electrons. The van der Waals surface area contributed by atoms with Gasteiger partial charge < -0.3 is 15.4 Å². The van der Waals surface area contributed by atoms with Crippen LogP contribution in [0.4, 0.5) is 10.5 Å². The summed E-state index contributed by atoms with van der Waals surface area (Å²) in [5.41, 5.74) is 2.33. The molecule has 12 nitrogen and oxygen atoms in total. The molecule has 2 amide bonds. The lowest BCUT2D eigenvalue weighted by molar-refractivity contribution is 0.0522. The van der Waals surface area contributed by atoms with E-state index in [4.69, 9.17) is 4.74 Å². The van der Waals surface area contributed by atoms with Gasteiger partial charge in [-0.1, -0.05) is 0 Å². The van der Waals surface area contributed by atoms with Crippen molar-refractivity contribution in [1.29, 1.82) is 0 Å². The molecule has 0 spiro atoms. The number of aromatic nitrogens is 7. The molecule has 0 aliphatic heterocycles. The molecule has 12 heteroatoms. The number of aromatic amines is 2. The van der Waals surface area contributed by atoms with E-state index in [1.807, 2.05) is 0 Å². The Bertz CT molecular complexity index is 1300. The first-order valence-electron chi connectivity index (χ1n) is 10.5. The second-order valence-corrected chi connectivity index (χ2v) is 8.53. The van der Waals surface area contributed by atoms with Crippen LogP contribution in [0.15, 0.2) is 42.7 Å². The summed E-state index contributed by atoms with van der Waals surface area (Å²) in [7, 11) is 1.80. The minimum Gasteiger partial charge on any atom is -0.444 e. The second-order valence-electron chi connectivity index (χ2n) is 8.53. The zero-order valence-electron chi connectivity index (χ0n) is 19.2. The summed E-state index contributed by atoms with van der Waals surface area (Å²) in [5, 5.41) is 23.6. The molecule has 4 N–H and O–H groups in total. The number of amides is 2. The van der Waals surface area contributed by atoms with Crippen LogP contribution >= 0.6 is 0 Å². The van der Waals surface area contributed by atoms with Gasteiger partial charge in [-0.15, -0.1) is 0 Å². The highest BCUT2D eigenvalue weighted by atomic mass is 16.6. The summed E-state index contributed by atoms with van der Waals surface area (Å²) in [6, 6.07) is 8.89. The molecule has 0 fully saturated rings. The lowest BCUT2D eigenvalue weighted by Crippen LogP contribution is -2.32. The number of anilines is 1. The first kappa shape index (κ1) is 22.7. The van der Waals surface area contributed by atoms with E-state index in [1.165, 1.54) is 6.20 Å². The average Bonchev–Trinajstić information content (AvgIpc) is 3.52. The van der Waals surface area contributed by atoms with Gasteiger partial charge in [-0.3, -0.25) is 19.7 Å². The second kappa shape index (κ2) is 9.17. The van der Waals surface area contributed by atoms with Crippen LogP contribution in [0.25, 0.3) is 22.8 Å². The number of nitrogens with zero attached hydrogens (tertiary/aromatic N) is 5. The number of nitrogens with one attached hydrogen (secondary N) is 4. The molecule has 0 unspecified atom stereocenters. The molecular weight excluding hydrogens is 438 g/mol. The fourth-order valence-electron chi connectivity index (χ4n) is 3.08. The van der Waals surface area contributed by atoms with Gasteiger partial charge in [0.25, 0.3) is 5.91 Å².